The van der Waals surface area contributed by atoms with Gasteiger partial charge in [0.2, 0.25) is 0 Å². The van der Waals surface area contributed by atoms with E-state index in [-0.39, 0.29) is 12.0 Å². The Balaban J connectivity index is 1.80. The number of amides is 1. The number of ether oxygens (including phenoxy) is 1. The molecule has 0 saturated carbocycles. The quantitative estimate of drug-likeness (QED) is 0.926. The zero-order valence-electron chi connectivity index (χ0n) is 13.6. The number of nitrogens with one attached hydrogen (secondary N) is 1. The highest BCUT2D eigenvalue weighted by atomic mass is 16.5. The standard InChI is InChI=1S/C16H21N5O2/c1-11-8-12(17-2)9-13(19-11)15-10-21(6-7-23-15)16(22)14-4-5-18-20(14)3/h4-5,8-9,15H,6-7,10H2,1-3H3,(H,17,19)/t15-/m0/s1. The van der Waals surface area contributed by atoms with Gasteiger partial charge in [0, 0.05) is 38.2 Å². The number of nitrogens with zero attached hydrogens (tertiary/aromatic N) is 4. The van der Waals surface area contributed by atoms with E-state index >= 15 is 0 Å². The molecule has 122 valence electrons. The lowest BCUT2D eigenvalue weighted by molar-refractivity contribution is -0.0250. The lowest BCUT2D eigenvalue weighted by Gasteiger charge is -2.32. The van der Waals surface area contributed by atoms with Gasteiger partial charge in [-0.05, 0) is 25.1 Å². The van der Waals surface area contributed by atoms with Crippen LogP contribution in [-0.4, -0.2) is 52.3 Å². The number of carbonyl (C=O) groups is 1. The van der Waals surface area contributed by atoms with E-state index < -0.39 is 0 Å². The van der Waals surface area contributed by atoms with E-state index in [2.05, 4.69) is 15.4 Å². The van der Waals surface area contributed by atoms with Gasteiger partial charge in [0.05, 0.1) is 18.8 Å². The molecule has 1 atom stereocenters. The second-order valence-electron chi connectivity index (χ2n) is 5.62. The summed E-state index contributed by atoms with van der Waals surface area (Å²) in [5.41, 5.74) is 3.34. The van der Waals surface area contributed by atoms with Crippen molar-refractivity contribution in [3.8, 4) is 0 Å². The monoisotopic (exact) mass is 315 g/mol. The normalized spacial score (nSPS) is 18.0. The SMILES string of the molecule is CNc1cc(C)nc([C@@H]2CN(C(=O)c3ccnn3C)CCO2)c1. The highest BCUT2D eigenvalue weighted by Crippen LogP contribution is 2.24. The predicted octanol–water partition coefficient (Wildman–Crippen LogP) is 1.38. The molecule has 0 unspecified atom stereocenters. The summed E-state index contributed by atoms with van der Waals surface area (Å²) >= 11 is 0. The van der Waals surface area contributed by atoms with Crippen molar-refractivity contribution in [3.63, 3.8) is 0 Å². The lowest BCUT2D eigenvalue weighted by atomic mass is 10.1. The highest BCUT2D eigenvalue weighted by Gasteiger charge is 2.28. The molecule has 0 spiro atoms. The number of pyridine rings is 1. The summed E-state index contributed by atoms with van der Waals surface area (Å²) in [5.74, 6) is -0.0280. The number of rotatable bonds is 3. The molecule has 0 aliphatic carbocycles. The van der Waals surface area contributed by atoms with Crippen LogP contribution in [0.15, 0.2) is 24.4 Å². The Morgan fingerprint density at radius 2 is 2.26 bits per heavy atom. The average Bonchev–Trinajstić information content (AvgIpc) is 2.99. The van der Waals surface area contributed by atoms with Gasteiger partial charge in [0.25, 0.3) is 5.91 Å². The Morgan fingerprint density at radius 3 is 2.96 bits per heavy atom. The van der Waals surface area contributed by atoms with Crippen molar-refractivity contribution in [2.45, 2.75) is 13.0 Å². The minimum atomic E-state index is -0.215. The Bertz CT molecular complexity index is 712. The number of anilines is 1. The molecule has 7 nitrogen and oxygen atoms in total. The van der Waals surface area contributed by atoms with E-state index in [1.54, 1.807) is 28.9 Å². The lowest BCUT2D eigenvalue weighted by Crippen LogP contribution is -2.43. The number of aromatic nitrogens is 3. The summed E-state index contributed by atoms with van der Waals surface area (Å²) in [6, 6.07) is 5.68. The Kier molecular flexibility index (Phi) is 4.29. The first-order valence-corrected chi connectivity index (χ1v) is 7.63. The molecule has 2 aromatic rings. The third kappa shape index (κ3) is 3.19. The van der Waals surface area contributed by atoms with E-state index in [1.807, 2.05) is 26.1 Å². The second-order valence-corrected chi connectivity index (χ2v) is 5.62. The molecule has 3 heterocycles. The topological polar surface area (TPSA) is 72.3 Å². The van der Waals surface area contributed by atoms with Crippen molar-refractivity contribution in [2.75, 3.05) is 32.1 Å². The van der Waals surface area contributed by atoms with Crippen LogP contribution in [0.5, 0.6) is 0 Å². The molecule has 1 aliphatic rings. The molecule has 1 N–H and O–H groups in total. The van der Waals surface area contributed by atoms with Gasteiger partial charge in [-0.3, -0.25) is 14.5 Å². The summed E-state index contributed by atoms with van der Waals surface area (Å²) in [6.07, 6.45) is 1.42. The largest absolute Gasteiger partial charge is 0.388 e. The Hall–Kier alpha value is -2.41. The van der Waals surface area contributed by atoms with Gasteiger partial charge < -0.3 is 15.0 Å². The van der Waals surface area contributed by atoms with Gasteiger partial charge in [-0.2, -0.15) is 5.10 Å². The van der Waals surface area contributed by atoms with Gasteiger partial charge >= 0.3 is 0 Å². The number of morpholine rings is 1. The molecule has 1 fully saturated rings. The summed E-state index contributed by atoms with van der Waals surface area (Å²) in [6.45, 7) is 3.51. The summed E-state index contributed by atoms with van der Waals surface area (Å²) in [7, 11) is 3.64. The van der Waals surface area contributed by atoms with Crippen LogP contribution in [0.2, 0.25) is 0 Å². The molecule has 7 heteroatoms. The average molecular weight is 315 g/mol. The number of hydrogen-bond donors (Lipinski definition) is 1. The highest BCUT2D eigenvalue weighted by molar-refractivity contribution is 5.92. The van der Waals surface area contributed by atoms with Crippen LogP contribution in [0.25, 0.3) is 0 Å². The fourth-order valence-electron chi connectivity index (χ4n) is 2.76. The van der Waals surface area contributed by atoms with Gasteiger partial charge in [-0.25, -0.2) is 0 Å². The van der Waals surface area contributed by atoms with Crippen LogP contribution in [0.3, 0.4) is 0 Å². The molecule has 1 amide bonds. The van der Waals surface area contributed by atoms with Crippen LogP contribution in [-0.2, 0) is 11.8 Å². The molecular weight excluding hydrogens is 294 g/mol. The van der Waals surface area contributed by atoms with Crippen LogP contribution < -0.4 is 5.32 Å². The van der Waals surface area contributed by atoms with Crippen molar-refractivity contribution >= 4 is 11.6 Å². The van der Waals surface area contributed by atoms with Crippen LogP contribution >= 0.6 is 0 Å². The summed E-state index contributed by atoms with van der Waals surface area (Å²) in [4.78, 5) is 19.0. The van der Waals surface area contributed by atoms with Crippen molar-refractivity contribution in [1.29, 1.82) is 0 Å². The van der Waals surface area contributed by atoms with E-state index in [1.165, 1.54) is 0 Å². The van der Waals surface area contributed by atoms with Crippen LogP contribution in [0.4, 0.5) is 5.69 Å². The fraction of sp³-hybridized carbons (Fsp3) is 0.438. The summed E-state index contributed by atoms with van der Waals surface area (Å²) < 4.78 is 7.43. The molecule has 1 saturated heterocycles. The number of hydrogen-bond acceptors (Lipinski definition) is 5. The van der Waals surface area contributed by atoms with Crippen LogP contribution in [0, 0.1) is 6.92 Å². The maximum Gasteiger partial charge on any atom is 0.272 e. The Labute approximate surface area is 135 Å². The van der Waals surface area contributed by atoms with E-state index in [4.69, 9.17) is 4.74 Å². The molecule has 2 aromatic heterocycles. The number of carbonyl (C=O) groups excluding carboxylic acids is 1. The minimum absolute atomic E-state index is 0.0280. The molecule has 0 aromatic carbocycles. The molecule has 0 bridgehead atoms. The molecular formula is C16H21N5O2. The first-order valence-electron chi connectivity index (χ1n) is 7.63. The first-order chi connectivity index (χ1) is 11.1. The smallest absolute Gasteiger partial charge is 0.272 e. The van der Waals surface area contributed by atoms with E-state index in [0.717, 1.165) is 17.1 Å². The zero-order chi connectivity index (χ0) is 16.4. The fourth-order valence-corrected chi connectivity index (χ4v) is 2.76. The van der Waals surface area contributed by atoms with Crippen molar-refractivity contribution in [3.05, 3.63) is 41.5 Å². The maximum atomic E-state index is 12.6. The van der Waals surface area contributed by atoms with Gasteiger partial charge in [-0.15, -0.1) is 0 Å². The second kappa shape index (κ2) is 6.37. The maximum absolute atomic E-state index is 12.6. The molecule has 23 heavy (non-hydrogen) atoms. The van der Waals surface area contributed by atoms with Crippen molar-refractivity contribution in [1.82, 2.24) is 19.7 Å². The summed E-state index contributed by atoms with van der Waals surface area (Å²) in [5, 5.41) is 7.18. The first kappa shape index (κ1) is 15.5. The molecule has 0 radical (unpaired) electrons. The van der Waals surface area contributed by atoms with E-state index in [0.29, 0.717) is 25.4 Å². The molecule has 3 rings (SSSR count). The van der Waals surface area contributed by atoms with Gasteiger partial charge in [0.15, 0.2) is 0 Å². The van der Waals surface area contributed by atoms with Gasteiger partial charge in [0.1, 0.15) is 11.8 Å². The minimum Gasteiger partial charge on any atom is -0.388 e. The number of aryl methyl sites for hydroxylation is 2. The zero-order valence-corrected chi connectivity index (χ0v) is 13.6. The van der Waals surface area contributed by atoms with E-state index in [9.17, 15) is 4.79 Å². The predicted molar refractivity (Wildman–Crippen MR) is 86.3 cm³/mol. The molecule has 1 aliphatic heterocycles. The third-order valence-corrected chi connectivity index (χ3v) is 3.99. The Morgan fingerprint density at radius 1 is 1.43 bits per heavy atom. The van der Waals surface area contributed by atoms with Crippen molar-refractivity contribution in [2.24, 2.45) is 7.05 Å². The van der Waals surface area contributed by atoms with Gasteiger partial charge in [-0.1, -0.05) is 0 Å². The van der Waals surface area contributed by atoms with Crippen LogP contribution in [0.1, 0.15) is 28.0 Å². The third-order valence-electron chi connectivity index (χ3n) is 3.99. The van der Waals surface area contributed by atoms with Crippen molar-refractivity contribution < 1.29 is 9.53 Å².